The molecule has 3 atom stereocenters. The predicted octanol–water partition coefficient (Wildman–Crippen LogP) is 6.74. The van der Waals surface area contributed by atoms with Gasteiger partial charge in [0.05, 0.1) is 12.2 Å². The summed E-state index contributed by atoms with van der Waals surface area (Å²) in [6.45, 7) is 13.6. The normalized spacial score (nSPS) is 23.1. The van der Waals surface area contributed by atoms with Crippen molar-refractivity contribution in [2.24, 2.45) is 0 Å². The first-order valence-electron chi connectivity index (χ1n) is 15.4. The Bertz CT molecular complexity index is 1360. The highest BCUT2D eigenvalue weighted by Gasteiger charge is 2.60. The van der Waals surface area contributed by atoms with Crippen LogP contribution >= 0.6 is 0 Å². The highest BCUT2D eigenvalue weighted by molar-refractivity contribution is 6.99. The topological polar surface area (TPSA) is 54.0 Å². The van der Waals surface area contributed by atoms with Crippen LogP contribution in [-0.4, -0.2) is 43.8 Å². The van der Waals surface area contributed by atoms with E-state index in [2.05, 4.69) is 100 Å². The zero-order chi connectivity index (χ0) is 30.8. The van der Waals surface area contributed by atoms with Crippen molar-refractivity contribution < 1.29 is 23.4 Å². The molecule has 0 spiro atoms. The molecule has 0 saturated carbocycles. The van der Waals surface area contributed by atoms with Gasteiger partial charge in [0.25, 0.3) is 8.32 Å². The van der Waals surface area contributed by atoms with Gasteiger partial charge in [0.2, 0.25) is 0 Å². The summed E-state index contributed by atoms with van der Waals surface area (Å²) in [7, 11) is -2.74. The molecular weight excluding hydrogens is 552 g/mol. The van der Waals surface area contributed by atoms with E-state index >= 15 is 0 Å². The molecule has 3 aromatic carbocycles. The third kappa shape index (κ3) is 6.49. The fraction of sp³-hybridized carbons (Fsp3) is 0.432. The van der Waals surface area contributed by atoms with E-state index in [9.17, 15) is 4.79 Å². The lowest BCUT2D eigenvalue weighted by Gasteiger charge is -2.44. The smallest absolute Gasteiger partial charge is 0.261 e. The van der Waals surface area contributed by atoms with Gasteiger partial charge in [-0.15, -0.1) is 0 Å². The van der Waals surface area contributed by atoms with Crippen molar-refractivity contribution >= 4 is 24.5 Å². The van der Waals surface area contributed by atoms with Crippen LogP contribution in [0, 0.1) is 0 Å². The maximum absolute atomic E-state index is 13.6. The Morgan fingerprint density at radius 2 is 1.42 bits per heavy atom. The van der Waals surface area contributed by atoms with Crippen molar-refractivity contribution in [1.82, 2.24) is 0 Å². The maximum atomic E-state index is 13.6. The summed E-state index contributed by atoms with van der Waals surface area (Å²) in [6, 6.07) is 31.5. The van der Waals surface area contributed by atoms with Crippen LogP contribution in [0.15, 0.2) is 103 Å². The van der Waals surface area contributed by atoms with Crippen molar-refractivity contribution in [3.8, 4) is 0 Å². The minimum Gasteiger partial charge on any atom is -0.407 e. The third-order valence-corrected chi connectivity index (χ3v) is 13.9. The molecule has 1 aliphatic heterocycles. The van der Waals surface area contributed by atoms with Gasteiger partial charge < -0.3 is 18.6 Å². The highest BCUT2D eigenvalue weighted by Crippen LogP contribution is 2.47. The van der Waals surface area contributed by atoms with E-state index in [0.717, 1.165) is 5.56 Å². The number of carbonyl (C=O) groups excluding carboxylic acids is 1. The fourth-order valence-electron chi connectivity index (χ4n) is 6.87. The number of ether oxygens (including phenoxy) is 3. The van der Waals surface area contributed by atoms with Gasteiger partial charge in [-0.1, -0.05) is 118 Å². The summed E-state index contributed by atoms with van der Waals surface area (Å²) in [5, 5.41) is 2.33. The second kappa shape index (κ2) is 12.3. The number of hydrogen-bond acceptors (Lipinski definition) is 5. The van der Waals surface area contributed by atoms with Gasteiger partial charge >= 0.3 is 0 Å². The summed E-state index contributed by atoms with van der Waals surface area (Å²) in [5.41, 5.74) is -0.764. The van der Waals surface area contributed by atoms with Crippen molar-refractivity contribution in [1.29, 1.82) is 0 Å². The molecular formula is C37H46O5Si. The Balaban J connectivity index is 1.48. The van der Waals surface area contributed by atoms with Gasteiger partial charge in [-0.3, -0.25) is 4.79 Å². The number of carbonyl (C=O) groups is 1. The van der Waals surface area contributed by atoms with Crippen LogP contribution in [0.5, 0.6) is 0 Å². The molecule has 228 valence electrons. The van der Waals surface area contributed by atoms with E-state index in [4.69, 9.17) is 18.6 Å². The number of benzene rings is 3. The van der Waals surface area contributed by atoms with Gasteiger partial charge in [-0.25, -0.2) is 0 Å². The van der Waals surface area contributed by atoms with Crippen molar-refractivity contribution in [3.05, 3.63) is 109 Å². The Labute approximate surface area is 258 Å². The molecule has 1 aliphatic carbocycles. The highest BCUT2D eigenvalue weighted by atomic mass is 28.4. The molecule has 5 rings (SSSR count). The molecule has 43 heavy (non-hydrogen) atoms. The summed E-state index contributed by atoms with van der Waals surface area (Å²) in [4.78, 5) is 13.6. The lowest BCUT2D eigenvalue weighted by atomic mass is 9.76. The molecule has 1 heterocycles. The number of hydrogen-bond donors (Lipinski definition) is 0. The van der Waals surface area contributed by atoms with E-state index in [1.165, 1.54) is 10.4 Å². The molecule has 5 nitrogen and oxygen atoms in total. The molecule has 0 bridgehead atoms. The Morgan fingerprint density at radius 3 is 1.98 bits per heavy atom. The maximum Gasteiger partial charge on any atom is 0.261 e. The summed E-state index contributed by atoms with van der Waals surface area (Å²) in [6.07, 6.45) is 4.76. The minimum atomic E-state index is -2.74. The second-order valence-corrected chi connectivity index (χ2v) is 18.0. The third-order valence-electron chi connectivity index (χ3n) is 8.84. The van der Waals surface area contributed by atoms with Crippen LogP contribution in [0.2, 0.25) is 5.04 Å². The van der Waals surface area contributed by atoms with Gasteiger partial charge in [-0.05, 0) is 60.7 Å². The molecule has 3 aromatic rings. The fourth-order valence-corrected chi connectivity index (χ4v) is 11.4. The minimum absolute atomic E-state index is 0.0586. The van der Waals surface area contributed by atoms with Gasteiger partial charge in [0.15, 0.2) is 17.2 Å². The number of rotatable bonds is 11. The quantitative estimate of drug-likeness (QED) is 0.229. The molecule has 0 aromatic heterocycles. The SMILES string of the molecule is CC1(C)O[C@@H]2CC=CC(=O)[C@]2(C[C@](C)(CCO[Si](c2ccccc2)(c2ccccc2)C(C)(C)C)OCc2ccccc2)O1. The summed E-state index contributed by atoms with van der Waals surface area (Å²) < 4.78 is 26.8. The zero-order valence-corrected chi connectivity index (χ0v) is 27.5. The molecule has 1 fully saturated rings. The first-order chi connectivity index (χ1) is 20.4. The van der Waals surface area contributed by atoms with Crippen molar-refractivity contribution in [2.45, 2.75) is 95.5 Å². The second-order valence-electron chi connectivity index (χ2n) is 13.7. The van der Waals surface area contributed by atoms with Crippen LogP contribution in [0.3, 0.4) is 0 Å². The summed E-state index contributed by atoms with van der Waals surface area (Å²) >= 11 is 0. The molecule has 0 unspecified atom stereocenters. The Kier molecular flexibility index (Phi) is 8.99. The lowest BCUT2D eigenvalue weighted by molar-refractivity contribution is -0.184. The zero-order valence-electron chi connectivity index (χ0n) is 26.5. The van der Waals surface area contributed by atoms with E-state index in [1.54, 1.807) is 6.08 Å². The van der Waals surface area contributed by atoms with Crippen LogP contribution in [0.4, 0.5) is 0 Å². The average Bonchev–Trinajstić information content (AvgIpc) is 3.26. The molecule has 0 N–H and O–H groups in total. The Morgan fingerprint density at radius 1 is 0.860 bits per heavy atom. The van der Waals surface area contributed by atoms with Crippen LogP contribution in [0.25, 0.3) is 0 Å². The number of fused-ring (bicyclic) bond motifs is 1. The predicted molar refractivity (Wildman–Crippen MR) is 174 cm³/mol. The molecule has 0 radical (unpaired) electrons. The standard InChI is InChI=1S/C37H46O5Si/c1-34(2,3)43(30-19-12-8-13-20-30,31-21-14-9-15-22-31)40-26-25-36(6,39-27-29-17-10-7-11-18-29)28-37-32(38)23-16-24-33(37)41-35(4,5)42-37/h7-23,33H,24-28H2,1-6H3/t33-,36+,37+/m1/s1. The van der Waals surface area contributed by atoms with Crippen molar-refractivity contribution in [3.63, 3.8) is 0 Å². The first kappa shape index (κ1) is 31.5. The molecule has 6 heteroatoms. The van der Waals surface area contributed by atoms with E-state index < -0.39 is 25.3 Å². The van der Waals surface area contributed by atoms with Crippen molar-refractivity contribution in [2.75, 3.05) is 6.61 Å². The molecule has 2 aliphatic rings. The van der Waals surface area contributed by atoms with E-state index in [1.807, 2.05) is 38.1 Å². The average molecular weight is 599 g/mol. The van der Waals surface area contributed by atoms with Crippen LogP contribution in [0.1, 0.15) is 66.4 Å². The van der Waals surface area contributed by atoms with Gasteiger partial charge in [-0.2, -0.15) is 0 Å². The van der Waals surface area contributed by atoms with Gasteiger partial charge in [0, 0.05) is 13.0 Å². The molecule has 1 saturated heterocycles. The summed E-state index contributed by atoms with van der Waals surface area (Å²) in [5.74, 6) is -0.922. The van der Waals surface area contributed by atoms with E-state index in [0.29, 0.717) is 32.5 Å². The number of ketones is 1. The largest absolute Gasteiger partial charge is 0.407 e. The Hall–Kier alpha value is -2.87. The lowest BCUT2D eigenvalue weighted by Crippen LogP contribution is -2.66. The van der Waals surface area contributed by atoms with Gasteiger partial charge in [0.1, 0.15) is 6.10 Å². The van der Waals surface area contributed by atoms with Crippen LogP contribution < -0.4 is 10.4 Å². The van der Waals surface area contributed by atoms with E-state index in [-0.39, 0.29) is 16.9 Å². The molecule has 0 amide bonds. The first-order valence-corrected chi connectivity index (χ1v) is 17.3. The van der Waals surface area contributed by atoms with Crippen LogP contribution in [-0.2, 0) is 30.0 Å². The monoisotopic (exact) mass is 598 g/mol.